The summed E-state index contributed by atoms with van der Waals surface area (Å²) in [5.41, 5.74) is -1.71. The second kappa shape index (κ2) is 6.65. The van der Waals surface area contributed by atoms with E-state index in [4.69, 9.17) is 23.2 Å². The molecule has 0 radical (unpaired) electrons. The number of alkyl halides is 2. The Morgan fingerprint density at radius 1 is 1.38 bits per heavy atom. The van der Waals surface area contributed by atoms with Crippen LogP contribution in [0.25, 0.3) is 0 Å². The first-order chi connectivity index (χ1) is 11.4. The largest absolute Gasteiger partial charge is 0.349 e. The van der Waals surface area contributed by atoms with Crippen LogP contribution in [0.15, 0.2) is 36.5 Å². The van der Waals surface area contributed by atoms with Crippen LogP contribution in [0.3, 0.4) is 0 Å². The molecular weight excluding hydrogens is 357 g/mol. The normalized spacial score (nSPS) is 22.8. The molecule has 7 heteroatoms. The zero-order valence-corrected chi connectivity index (χ0v) is 14.0. The van der Waals surface area contributed by atoms with E-state index >= 15 is 4.39 Å². The van der Waals surface area contributed by atoms with Crippen molar-refractivity contribution >= 4 is 29.1 Å². The number of nitrogens with zero attached hydrogens (tertiary/aromatic N) is 1. The maximum absolute atomic E-state index is 15.3. The van der Waals surface area contributed by atoms with Gasteiger partial charge in [-0.1, -0.05) is 35.3 Å². The van der Waals surface area contributed by atoms with E-state index in [9.17, 15) is 9.18 Å². The van der Waals surface area contributed by atoms with Gasteiger partial charge in [-0.15, -0.1) is 0 Å². The third kappa shape index (κ3) is 3.10. The Kier molecular flexibility index (Phi) is 4.74. The molecule has 0 bridgehead atoms. The van der Waals surface area contributed by atoms with E-state index in [1.165, 1.54) is 18.3 Å². The molecule has 126 valence electrons. The maximum atomic E-state index is 15.3. The Bertz CT molecular complexity index is 787. The van der Waals surface area contributed by atoms with Gasteiger partial charge in [0.1, 0.15) is 6.17 Å². The van der Waals surface area contributed by atoms with E-state index in [0.29, 0.717) is 15.6 Å². The fourth-order valence-corrected chi connectivity index (χ4v) is 3.29. The molecule has 2 atom stereocenters. The fraction of sp³-hybridized carbons (Fsp3) is 0.294. The number of aromatic nitrogens is 1. The van der Waals surface area contributed by atoms with Gasteiger partial charge in [-0.05, 0) is 36.6 Å². The molecule has 3 rings (SSSR count). The number of rotatable bonds is 3. The smallest absolute Gasteiger partial charge is 0.262 e. The fourth-order valence-electron chi connectivity index (χ4n) is 2.82. The van der Waals surface area contributed by atoms with E-state index < -0.39 is 17.7 Å². The van der Waals surface area contributed by atoms with Gasteiger partial charge in [0.15, 0.2) is 0 Å². The summed E-state index contributed by atoms with van der Waals surface area (Å²) in [5, 5.41) is 3.38. The highest BCUT2D eigenvalue weighted by Gasteiger charge is 2.47. The molecule has 0 fully saturated rings. The van der Waals surface area contributed by atoms with E-state index in [1.54, 1.807) is 18.2 Å². The van der Waals surface area contributed by atoms with Gasteiger partial charge in [0.2, 0.25) is 5.67 Å². The van der Waals surface area contributed by atoms with Crippen molar-refractivity contribution in [3.8, 4) is 0 Å². The number of benzene rings is 1. The van der Waals surface area contributed by atoms with Crippen molar-refractivity contribution in [2.75, 3.05) is 0 Å². The van der Waals surface area contributed by atoms with Crippen molar-refractivity contribution in [3.05, 3.63) is 63.4 Å². The van der Waals surface area contributed by atoms with Crippen molar-refractivity contribution in [2.45, 2.75) is 31.2 Å². The molecule has 1 aliphatic carbocycles. The Labute approximate surface area is 148 Å². The van der Waals surface area contributed by atoms with Crippen LogP contribution >= 0.6 is 23.2 Å². The predicted octanol–water partition coefficient (Wildman–Crippen LogP) is 4.67. The number of fused-ring (bicyclic) bond motifs is 1. The molecule has 2 aromatic rings. The molecule has 0 saturated heterocycles. The number of amides is 1. The Morgan fingerprint density at radius 3 is 2.92 bits per heavy atom. The van der Waals surface area contributed by atoms with Crippen LogP contribution < -0.4 is 5.32 Å². The lowest BCUT2D eigenvalue weighted by molar-refractivity contribution is -0.135. The summed E-state index contributed by atoms with van der Waals surface area (Å²) in [7, 11) is 0. The molecule has 1 aromatic carbocycles. The minimum absolute atomic E-state index is 0.00840. The first-order valence-corrected chi connectivity index (χ1v) is 8.18. The van der Waals surface area contributed by atoms with Crippen LogP contribution in [0.4, 0.5) is 8.78 Å². The molecule has 1 N–H and O–H groups in total. The monoisotopic (exact) mass is 370 g/mol. The van der Waals surface area contributed by atoms with Gasteiger partial charge in [-0.25, -0.2) is 8.78 Å². The zero-order valence-electron chi connectivity index (χ0n) is 12.5. The number of hydrogen-bond donors (Lipinski definition) is 1. The lowest BCUT2D eigenvalue weighted by Crippen LogP contribution is -2.43. The highest BCUT2D eigenvalue weighted by molar-refractivity contribution is 6.35. The molecule has 24 heavy (non-hydrogen) atoms. The van der Waals surface area contributed by atoms with Gasteiger partial charge in [-0.2, -0.15) is 0 Å². The maximum Gasteiger partial charge on any atom is 0.262 e. The second-order valence-corrected chi connectivity index (χ2v) is 6.51. The molecule has 1 heterocycles. The summed E-state index contributed by atoms with van der Waals surface area (Å²) in [6.45, 7) is 0.0507. The van der Waals surface area contributed by atoms with Crippen LogP contribution in [-0.4, -0.2) is 10.9 Å². The Morgan fingerprint density at radius 2 is 2.17 bits per heavy atom. The molecule has 1 aliphatic rings. The van der Waals surface area contributed by atoms with Gasteiger partial charge in [0, 0.05) is 28.4 Å². The predicted molar refractivity (Wildman–Crippen MR) is 88.4 cm³/mol. The SMILES string of the molecule is O=C(NCc1ccc(Cl)cc1Cl)C1(F)CCC(F)c2ncccc21. The van der Waals surface area contributed by atoms with Crippen molar-refractivity contribution in [1.29, 1.82) is 0 Å². The molecular formula is C17H14Cl2F2N2O. The Balaban J connectivity index is 1.81. The summed E-state index contributed by atoms with van der Waals surface area (Å²) in [6, 6.07) is 7.73. The molecule has 1 amide bonds. The van der Waals surface area contributed by atoms with Crippen molar-refractivity contribution in [2.24, 2.45) is 0 Å². The number of carbonyl (C=O) groups is 1. The molecule has 0 spiro atoms. The van der Waals surface area contributed by atoms with Crippen LogP contribution in [-0.2, 0) is 17.0 Å². The minimum atomic E-state index is -2.30. The van der Waals surface area contributed by atoms with E-state index in [1.807, 2.05) is 0 Å². The number of halogens is 4. The molecule has 3 nitrogen and oxygen atoms in total. The Hall–Kier alpha value is -1.72. The van der Waals surface area contributed by atoms with Gasteiger partial charge in [0.05, 0.1) is 5.69 Å². The number of pyridine rings is 1. The third-order valence-electron chi connectivity index (χ3n) is 4.12. The van der Waals surface area contributed by atoms with Gasteiger partial charge in [0.25, 0.3) is 5.91 Å². The van der Waals surface area contributed by atoms with Gasteiger partial charge >= 0.3 is 0 Å². The summed E-state index contributed by atoms with van der Waals surface area (Å²) < 4.78 is 29.3. The van der Waals surface area contributed by atoms with E-state index in [0.717, 1.165) is 0 Å². The summed E-state index contributed by atoms with van der Waals surface area (Å²) >= 11 is 11.9. The van der Waals surface area contributed by atoms with Gasteiger partial charge < -0.3 is 5.32 Å². The number of hydrogen-bond acceptors (Lipinski definition) is 2. The van der Waals surface area contributed by atoms with E-state index in [-0.39, 0.29) is 30.6 Å². The zero-order chi connectivity index (χ0) is 17.3. The van der Waals surface area contributed by atoms with E-state index in [2.05, 4.69) is 10.3 Å². The highest BCUT2D eigenvalue weighted by Crippen LogP contribution is 2.43. The molecule has 2 unspecified atom stereocenters. The highest BCUT2D eigenvalue weighted by atomic mass is 35.5. The first kappa shape index (κ1) is 17.1. The summed E-state index contributed by atoms with van der Waals surface area (Å²) in [4.78, 5) is 16.3. The lowest BCUT2D eigenvalue weighted by atomic mass is 9.81. The first-order valence-electron chi connectivity index (χ1n) is 7.42. The van der Waals surface area contributed by atoms with Crippen LogP contribution in [0.5, 0.6) is 0 Å². The second-order valence-electron chi connectivity index (χ2n) is 5.66. The number of carbonyl (C=O) groups excluding carboxylic acids is 1. The van der Waals surface area contributed by atoms with Crippen LogP contribution in [0.1, 0.15) is 35.8 Å². The minimum Gasteiger partial charge on any atom is -0.349 e. The average molecular weight is 371 g/mol. The quantitative estimate of drug-likeness (QED) is 0.852. The van der Waals surface area contributed by atoms with Crippen LogP contribution in [0, 0.1) is 0 Å². The summed E-state index contributed by atoms with van der Waals surface area (Å²) in [6.07, 6.45) is -0.283. The standard InChI is InChI=1S/C17H14Cl2F2N2O/c18-11-4-3-10(13(19)8-11)9-23-16(24)17(21)6-5-14(20)15-12(17)2-1-7-22-15/h1-4,7-8,14H,5-6,9H2,(H,23,24). The van der Waals surface area contributed by atoms with Crippen molar-refractivity contribution < 1.29 is 13.6 Å². The third-order valence-corrected chi connectivity index (χ3v) is 4.71. The molecule has 1 aromatic heterocycles. The van der Waals surface area contributed by atoms with Gasteiger partial charge in [-0.3, -0.25) is 9.78 Å². The summed E-state index contributed by atoms with van der Waals surface area (Å²) in [5.74, 6) is -0.824. The molecule has 0 saturated carbocycles. The topological polar surface area (TPSA) is 42.0 Å². The lowest BCUT2D eigenvalue weighted by Gasteiger charge is -2.31. The van der Waals surface area contributed by atoms with Crippen LogP contribution in [0.2, 0.25) is 10.0 Å². The number of nitrogens with one attached hydrogen (secondary N) is 1. The van der Waals surface area contributed by atoms with Crippen molar-refractivity contribution in [1.82, 2.24) is 10.3 Å². The average Bonchev–Trinajstić information content (AvgIpc) is 2.57. The van der Waals surface area contributed by atoms with Crippen molar-refractivity contribution in [3.63, 3.8) is 0 Å². The molecule has 0 aliphatic heterocycles.